The number of para-hydroxylation sites is 1. The third-order valence-electron chi connectivity index (χ3n) is 5.29. The molecule has 31 heavy (non-hydrogen) atoms. The van der Waals surface area contributed by atoms with Gasteiger partial charge in [-0.2, -0.15) is 13.2 Å². The van der Waals surface area contributed by atoms with Crippen molar-refractivity contribution in [3.05, 3.63) is 65.2 Å². The lowest BCUT2D eigenvalue weighted by molar-refractivity contribution is -0.137. The van der Waals surface area contributed by atoms with Crippen LogP contribution in [0.4, 0.5) is 18.9 Å². The number of hydrogen-bond donors (Lipinski definition) is 1. The highest BCUT2D eigenvalue weighted by Gasteiger charge is 2.33. The smallest absolute Gasteiger partial charge is 0.332 e. The van der Waals surface area contributed by atoms with Gasteiger partial charge in [0, 0.05) is 19.2 Å². The van der Waals surface area contributed by atoms with E-state index in [0.29, 0.717) is 5.56 Å². The minimum Gasteiger partial charge on any atom is -0.332 e. The molecule has 1 heterocycles. The lowest BCUT2D eigenvalue weighted by atomic mass is 10.1. The lowest BCUT2D eigenvalue weighted by Gasteiger charge is -2.26. The number of likely N-dealkylation sites (tertiary alicyclic amines) is 1. The van der Waals surface area contributed by atoms with Gasteiger partial charge in [0.1, 0.15) is 0 Å². The van der Waals surface area contributed by atoms with E-state index in [2.05, 4.69) is 10.2 Å². The van der Waals surface area contributed by atoms with Crippen molar-refractivity contribution < 1.29 is 22.8 Å². The van der Waals surface area contributed by atoms with Crippen molar-refractivity contribution in [1.29, 1.82) is 0 Å². The summed E-state index contributed by atoms with van der Waals surface area (Å²) in [5.74, 6) is -1.07. The molecule has 3 rings (SSSR count). The summed E-state index contributed by atoms with van der Waals surface area (Å²) >= 11 is 0. The van der Waals surface area contributed by atoms with Crippen LogP contribution in [0.3, 0.4) is 0 Å². The van der Waals surface area contributed by atoms with Gasteiger partial charge in [0.2, 0.25) is 5.91 Å². The zero-order valence-corrected chi connectivity index (χ0v) is 17.4. The monoisotopic (exact) mass is 433 g/mol. The van der Waals surface area contributed by atoms with E-state index in [1.165, 1.54) is 49.4 Å². The molecule has 1 saturated heterocycles. The molecule has 0 saturated carbocycles. The fourth-order valence-electron chi connectivity index (χ4n) is 3.67. The number of nitrogens with one attached hydrogen (secondary N) is 1. The van der Waals surface area contributed by atoms with E-state index in [0.717, 1.165) is 31.3 Å². The minimum absolute atomic E-state index is 0.331. The number of benzene rings is 2. The summed E-state index contributed by atoms with van der Waals surface area (Å²) in [4.78, 5) is 28.4. The number of rotatable bonds is 6. The average molecular weight is 433 g/mol. The summed E-state index contributed by atoms with van der Waals surface area (Å²) in [6.07, 6.45) is -0.902. The van der Waals surface area contributed by atoms with Crippen molar-refractivity contribution >= 4 is 17.5 Å². The number of nitrogens with zero attached hydrogens (tertiary/aromatic N) is 2. The first-order valence-corrected chi connectivity index (χ1v) is 10.3. The molecule has 0 aromatic heterocycles. The molecule has 2 aromatic carbocycles. The van der Waals surface area contributed by atoms with Gasteiger partial charge in [-0.15, -0.1) is 0 Å². The molecule has 0 bridgehead atoms. The summed E-state index contributed by atoms with van der Waals surface area (Å²) < 4.78 is 39.2. The van der Waals surface area contributed by atoms with E-state index < -0.39 is 17.6 Å². The van der Waals surface area contributed by atoms with Crippen LogP contribution in [-0.4, -0.2) is 48.3 Å². The van der Waals surface area contributed by atoms with Gasteiger partial charge in [-0.1, -0.05) is 30.7 Å². The van der Waals surface area contributed by atoms with Gasteiger partial charge in [0.25, 0.3) is 5.91 Å². The van der Waals surface area contributed by atoms with Crippen molar-refractivity contribution in [3.63, 3.8) is 0 Å². The highest BCUT2D eigenvalue weighted by molar-refractivity contribution is 5.99. The third-order valence-corrected chi connectivity index (χ3v) is 5.29. The lowest BCUT2D eigenvalue weighted by Crippen LogP contribution is -2.35. The van der Waals surface area contributed by atoms with Crippen molar-refractivity contribution in [1.82, 2.24) is 9.80 Å². The van der Waals surface area contributed by atoms with Crippen LogP contribution < -0.4 is 5.32 Å². The molecule has 1 aliphatic heterocycles. The van der Waals surface area contributed by atoms with Crippen LogP contribution in [0.2, 0.25) is 0 Å². The van der Waals surface area contributed by atoms with Crippen molar-refractivity contribution in [2.45, 2.75) is 32.0 Å². The third kappa shape index (κ3) is 6.30. The largest absolute Gasteiger partial charge is 0.418 e. The van der Waals surface area contributed by atoms with E-state index >= 15 is 0 Å². The number of hydrogen-bond acceptors (Lipinski definition) is 3. The number of likely N-dealkylation sites (N-methyl/N-ethyl adjacent to an activating group) is 1. The number of piperidine rings is 1. The first-order chi connectivity index (χ1) is 14.7. The fourth-order valence-corrected chi connectivity index (χ4v) is 3.67. The minimum atomic E-state index is -4.58. The Bertz CT molecular complexity index is 907. The molecule has 5 nitrogen and oxygen atoms in total. The number of amides is 2. The maximum absolute atomic E-state index is 13.1. The predicted molar refractivity (Wildman–Crippen MR) is 113 cm³/mol. The summed E-state index contributed by atoms with van der Waals surface area (Å²) in [7, 11) is 1.44. The van der Waals surface area contributed by atoms with Crippen LogP contribution in [0, 0.1) is 0 Å². The van der Waals surface area contributed by atoms with Crippen LogP contribution in [0.1, 0.15) is 40.7 Å². The average Bonchev–Trinajstić information content (AvgIpc) is 2.74. The van der Waals surface area contributed by atoms with Crippen molar-refractivity contribution in [3.8, 4) is 0 Å². The van der Waals surface area contributed by atoms with Gasteiger partial charge in [0.05, 0.1) is 17.8 Å². The second-order valence-electron chi connectivity index (χ2n) is 7.79. The van der Waals surface area contributed by atoms with E-state index in [-0.39, 0.29) is 18.1 Å². The number of carbonyl (C=O) groups is 2. The van der Waals surface area contributed by atoms with Gasteiger partial charge in [-0.25, -0.2) is 0 Å². The Kier molecular flexibility index (Phi) is 7.33. The van der Waals surface area contributed by atoms with E-state index in [1.54, 1.807) is 12.1 Å². The number of alkyl halides is 3. The molecular weight excluding hydrogens is 407 g/mol. The predicted octanol–water partition coefficient (Wildman–Crippen LogP) is 4.40. The van der Waals surface area contributed by atoms with Crippen LogP contribution >= 0.6 is 0 Å². The Morgan fingerprint density at radius 2 is 1.65 bits per heavy atom. The Balaban J connectivity index is 1.57. The van der Waals surface area contributed by atoms with E-state index in [4.69, 9.17) is 0 Å². The van der Waals surface area contributed by atoms with E-state index in [9.17, 15) is 22.8 Å². The summed E-state index contributed by atoms with van der Waals surface area (Å²) in [5.41, 5.74) is 0.278. The quantitative estimate of drug-likeness (QED) is 0.735. The fraction of sp³-hybridized carbons (Fsp3) is 0.391. The van der Waals surface area contributed by atoms with E-state index in [1.807, 2.05) is 12.1 Å². The van der Waals surface area contributed by atoms with Gasteiger partial charge in [-0.3, -0.25) is 14.5 Å². The Labute approximate surface area is 179 Å². The highest BCUT2D eigenvalue weighted by Crippen LogP contribution is 2.34. The summed E-state index contributed by atoms with van der Waals surface area (Å²) in [6, 6.07) is 12.0. The normalized spacial score (nSPS) is 14.8. The van der Waals surface area contributed by atoms with Gasteiger partial charge >= 0.3 is 6.18 Å². The highest BCUT2D eigenvalue weighted by atomic mass is 19.4. The number of halogens is 3. The second-order valence-corrected chi connectivity index (χ2v) is 7.79. The molecule has 0 radical (unpaired) electrons. The van der Waals surface area contributed by atoms with Gasteiger partial charge in [-0.05, 0) is 55.8 Å². The first-order valence-electron chi connectivity index (χ1n) is 10.3. The summed E-state index contributed by atoms with van der Waals surface area (Å²) in [5, 5.41) is 2.25. The molecule has 0 atom stereocenters. The summed E-state index contributed by atoms with van der Waals surface area (Å²) in [6.45, 7) is 2.64. The van der Waals surface area contributed by atoms with Crippen molar-refractivity contribution in [2.75, 3.05) is 32.0 Å². The molecule has 2 aromatic rings. The maximum Gasteiger partial charge on any atom is 0.418 e. The number of anilines is 1. The first kappa shape index (κ1) is 22.8. The Morgan fingerprint density at radius 1 is 1.00 bits per heavy atom. The maximum atomic E-state index is 13.1. The second kappa shape index (κ2) is 9.96. The number of carbonyl (C=O) groups excluding carboxylic acids is 2. The Hall–Kier alpha value is -2.87. The molecule has 1 aliphatic rings. The van der Waals surface area contributed by atoms with Crippen LogP contribution in [0.5, 0.6) is 0 Å². The van der Waals surface area contributed by atoms with Gasteiger partial charge in [0.15, 0.2) is 0 Å². The Morgan fingerprint density at radius 3 is 2.29 bits per heavy atom. The van der Waals surface area contributed by atoms with Crippen molar-refractivity contribution in [2.24, 2.45) is 0 Å². The molecule has 1 N–H and O–H groups in total. The molecule has 1 fully saturated rings. The van der Waals surface area contributed by atoms with Crippen LogP contribution in [0.15, 0.2) is 48.5 Å². The zero-order chi connectivity index (χ0) is 22.4. The molecule has 0 aliphatic carbocycles. The SMILES string of the molecule is CN(CC(=O)Nc1ccccc1C(F)(F)F)C(=O)c1ccc(CN2CCCCC2)cc1. The molecular formula is C23H26F3N3O2. The molecule has 0 spiro atoms. The van der Waals surface area contributed by atoms with Crippen LogP contribution in [-0.2, 0) is 17.5 Å². The molecule has 8 heteroatoms. The molecule has 2 amide bonds. The topological polar surface area (TPSA) is 52.7 Å². The standard InChI is InChI=1S/C23H26F3N3O2/c1-28(16-21(30)27-20-8-4-3-7-19(20)23(24,25)26)22(31)18-11-9-17(10-12-18)15-29-13-5-2-6-14-29/h3-4,7-12H,2,5-6,13-16H2,1H3,(H,27,30). The van der Waals surface area contributed by atoms with Gasteiger partial charge < -0.3 is 10.2 Å². The zero-order valence-electron chi connectivity index (χ0n) is 17.4. The van der Waals surface area contributed by atoms with Crippen LogP contribution in [0.25, 0.3) is 0 Å². The molecule has 166 valence electrons. The molecule has 0 unspecified atom stereocenters.